The number of benzene rings is 3. The zero-order chi connectivity index (χ0) is 41.1. The van der Waals surface area contributed by atoms with Gasteiger partial charge in [0.25, 0.3) is 0 Å². The van der Waals surface area contributed by atoms with Crippen LogP contribution in [0, 0.1) is 36.0 Å². The van der Waals surface area contributed by atoms with Crippen LogP contribution in [0.1, 0.15) is 36.8 Å². The van der Waals surface area contributed by atoms with Gasteiger partial charge in [0.15, 0.2) is 11.5 Å². The summed E-state index contributed by atoms with van der Waals surface area (Å²) < 4.78 is 13.6. The van der Waals surface area contributed by atoms with Crippen molar-refractivity contribution in [3.8, 4) is 22.1 Å². The number of amides is 4. The molecule has 302 valence electrons. The highest BCUT2D eigenvalue weighted by Crippen LogP contribution is 2.65. The molecule has 4 amide bonds. The SMILES string of the molecule is COc1cccc([C@H]2C3=CC[C@@H]4C(=O)N(c5ccc(N6CCOCC6)cc5)C(=O)[C@@H]4[C@@H]3C[C@H]3C(=O)N(c4cc(-c5sc6ccc(Cl)cc6c5C)nn4C)C(=O)[C@@]23C)c1O. The molecule has 0 bridgehead atoms. The molecule has 0 radical (unpaired) electrons. The van der Waals surface area contributed by atoms with E-state index in [1.165, 1.54) is 16.9 Å². The lowest BCUT2D eigenvalue weighted by atomic mass is 9.51. The van der Waals surface area contributed by atoms with Crippen LogP contribution in [0.3, 0.4) is 0 Å². The van der Waals surface area contributed by atoms with E-state index in [1.807, 2.05) is 55.5 Å². The summed E-state index contributed by atoms with van der Waals surface area (Å²) in [6.45, 7) is 6.59. The summed E-state index contributed by atoms with van der Waals surface area (Å²) in [5.41, 5.74) is 2.92. The molecule has 5 aromatic rings. The van der Waals surface area contributed by atoms with E-state index in [0.29, 0.717) is 41.0 Å². The first-order valence-corrected chi connectivity index (χ1v) is 21.1. The summed E-state index contributed by atoms with van der Waals surface area (Å²) >= 11 is 7.90. The van der Waals surface area contributed by atoms with Crippen molar-refractivity contribution < 1.29 is 33.8 Å². The molecule has 6 atom stereocenters. The van der Waals surface area contributed by atoms with Crippen molar-refractivity contribution in [1.82, 2.24) is 9.78 Å². The van der Waals surface area contributed by atoms with Gasteiger partial charge in [-0.2, -0.15) is 5.10 Å². The first-order valence-electron chi connectivity index (χ1n) is 19.9. The van der Waals surface area contributed by atoms with Crippen LogP contribution in [0.4, 0.5) is 17.2 Å². The highest BCUT2D eigenvalue weighted by Gasteiger charge is 2.68. The second-order valence-electron chi connectivity index (χ2n) is 16.4. The van der Waals surface area contributed by atoms with Gasteiger partial charge in [-0.3, -0.25) is 28.8 Å². The maximum Gasteiger partial charge on any atom is 0.242 e. The Kier molecular flexibility index (Phi) is 8.82. The van der Waals surface area contributed by atoms with Crippen molar-refractivity contribution in [2.75, 3.05) is 48.1 Å². The standard InChI is InChI=1S/C45H42ClN5O7S/c1-23-30-20-24(46)8-15-35(30)59-40(23)33-22-36(48(3)47-33)51-42(54)32-21-31-27(38(45(32,2)44(51)56)29-6-5-7-34(57-4)39(29)52)13-14-28-37(31)43(55)50(41(28)53)26-11-9-25(10-12-26)49-16-18-58-19-17-49/h5-13,15,20,22,28,31-32,37-38,52H,14,16-19,21H2,1-4H3/t28-,31+,32-,37-,38+,45+/m0/s1. The van der Waals surface area contributed by atoms with Crippen LogP contribution < -0.4 is 19.4 Å². The lowest BCUT2D eigenvalue weighted by molar-refractivity contribution is -0.131. The van der Waals surface area contributed by atoms with Crippen molar-refractivity contribution in [2.45, 2.75) is 32.6 Å². The summed E-state index contributed by atoms with van der Waals surface area (Å²) in [6, 6.07) is 20.2. The Morgan fingerprint density at radius 2 is 1.68 bits per heavy atom. The number of para-hydroxylation sites is 1. The number of morpholine rings is 1. The fourth-order valence-corrected chi connectivity index (χ4v) is 11.9. The minimum atomic E-state index is -1.37. The number of phenols is 1. The number of imide groups is 2. The molecule has 0 unspecified atom stereocenters. The van der Waals surface area contributed by atoms with E-state index in [0.717, 1.165) is 44.9 Å². The third-order valence-corrected chi connectivity index (χ3v) is 15.1. The number of rotatable bonds is 6. The highest BCUT2D eigenvalue weighted by atomic mass is 35.5. The summed E-state index contributed by atoms with van der Waals surface area (Å²) in [5, 5.41) is 18.2. The smallest absolute Gasteiger partial charge is 0.242 e. The number of thiophene rings is 1. The molecule has 5 aliphatic rings. The fourth-order valence-electron chi connectivity index (χ4n) is 10.6. The summed E-state index contributed by atoms with van der Waals surface area (Å²) in [5.74, 6) is -4.67. The van der Waals surface area contributed by atoms with Crippen LogP contribution in [0.2, 0.25) is 5.02 Å². The number of aromatic nitrogens is 2. The molecule has 5 heterocycles. The Balaban J connectivity index is 1.05. The van der Waals surface area contributed by atoms with Gasteiger partial charge in [-0.25, -0.2) is 4.90 Å². The van der Waals surface area contributed by atoms with E-state index in [2.05, 4.69) is 4.90 Å². The van der Waals surface area contributed by atoms with Crippen LogP contribution in [0.5, 0.6) is 11.5 Å². The molecular weight excluding hydrogens is 790 g/mol. The zero-order valence-corrected chi connectivity index (χ0v) is 34.5. The number of halogens is 1. The topological polar surface area (TPSA) is 135 Å². The number of methoxy groups -OCH3 is 1. The largest absolute Gasteiger partial charge is 0.504 e. The van der Waals surface area contributed by atoms with Gasteiger partial charge in [0, 0.05) is 53.1 Å². The van der Waals surface area contributed by atoms with Crippen molar-refractivity contribution in [2.24, 2.45) is 36.1 Å². The molecule has 59 heavy (non-hydrogen) atoms. The van der Waals surface area contributed by atoms with Crippen LogP contribution in [-0.2, 0) is 31.0 Å². The van der Waals surface area contributed by atoms with E-state index in [4.69, 9.17) is 26.2 Å². The van der Waals surface area contributed by atoms with Gasteiger partial charge >= 0.3 is 0 Å². The molecule has 4 fully saturated rings. The normalized spacial score (nSPS) is 26.7. The number of fused-ring (bicyclic) bond motifs is 5. The van der Waals surface area contributed by atoms with Gasteiger partial charge in [-0.15, -0.1) is 11.3 Å². The molecule has 10 rings (SSSR count). The predicted molar refractivity (Wildman–Crippen MR) is 225 cm³/mol. The average Bonchev–Trinajstić information content (AvgIpc) is 3.91. The summed E-state index contributed by atoms with van der Waals surface area (Å²) in [6.07, 6.45) is 2.43. The Hall–Kier alpha value is -5.50. The van der Waals surface area contributed by atoms with Gasteiger partial charge in [-0.05, 0) is 92.1 Å². The van der Waals surface area contributed by atoms with Gasteiger partial charge in [0.2, 0.25) is 23.6 Å². The number of allylic oxidation sites excluding steroid dienone is 2. The Morgan fingerprint density at radius 3 is 2.42 bits per heavy atom. The lowest BCUT2D eigenvalue weighted by Crippen LogP contribution is -2.49. The quantitative estimate of drug-likeness (QED) is 0.139. The second-order valence-corrected chi connectivity index (χ2v) is 17.9. The minimum Gasteiger partial charge on any atom is -0.504 e. The number of hydrogen-bond acceptors (Lipinski definition) is 10. The number of aromatic hydroxyl groups is 1. The molecule has 2 aliphatic carbocycles. The molecule has 1 N–H and O–H groups in total. The van der Waals surface area contributed by atoms with Crippen molar-refractivity contribution >= 4 is 73.8 Å². The molecule has 2 aromatic heterocycles. The number of carbonyl (C=O) groups is 4. The minimum absolute atomic E-state index is 0.138. The Labute approximate surface area is 349 Å². The van der Waals surface area contributed by atoms with Gasteiger partial charge in [0.05, 0.1) is 54.1 Å². The number of hydrogen-bond donors (Lipinski definition) is 1. The number of ether oxygens (including phenoxy) is 2. The number of aryl methyl sites for hydroxylation is 2. The fraction of sp³-hybridized carbons (Fsp3) is 0.356. The Morgan fingerprint density at radius 1 is 0.932 bits per heavy atom. The monoisotopic (exact) mass is 831 g/mol. The van der Waals surface area contributed by atoms with Crippen molar-refractivity contribution in [3.63, 3.8) is 0 Å². The van der Waals surface area contributed by atoms with Crippen LogP contribution in [-0.4, -0.2) is 71.9 Å². The first kappa shape index (κ1) is 37.7. The van der Waals surface area contributed by atoms with Crippen molar-refractivity contribution in [3.05, 3.63) is 94.5 Å². The number of phenolic OH excluding ortho intramolecular Hbond substituents is 1. The maximum absolute atomic E-state index is 15.2. The third kappa shape index (κ3) is 5.47. The summed E-state index contributed by atoms with van der Waals surface area (Å²) in [7, 11) is 3.17. The zero-order valence-electron chi connectivity index (χ0n) is 33.0. The third-order valence-electron chi connectivity index (χ3n) is 13.5. The number of carbonyl (C=O) groups excluding carboxylic acids is 4. The van der Waals surface area contributed by atoms with E-state index in [-0.39, 0.29) is 36.2 Å². The molecule has 0 spiro atoms. The molecular formula is C45H42ClN5O7S. The Bertz CT molecular complexity index is 2650. The van der Waals surface area contributed by atoms with Crippen molar-refractivity contribution in [1.29, 1.82) is 0 Å². The second kappa shape index (κ2) is 13.8. The van der Waals surface area contributed by atoms with E-state index in [9.17, 15) is 14.7 Å². The maximum atomic E-state index is 15.2. The predicted octanol–water partition coefficient (Wildman–Crippen LogP) is 7.25. The van der Waals surface area contributed by atoms with Gasteiger partial charge < -0.3 is 19.5 Å². The van der Waals surface area contributed by atoms with Gasteiger partial charge in [0.1, 0.15) is 11.5 Å². The average molecular weight is 832 g/mol. The number of anilines is 3. The first-order chi connectivity index (χ1) is 28.4. The van der Waals surface area contributed by atoms with E-state index >= 15 is 9.59 Å². The molecule has 3 aromatic carbocycles. The lowest BCUT2D eigenvalue weighted by Gasteiger charge is -2.49. The van der Waals surface area contributed by atoms with Crippen LogP contribution in [0.15, 0.2) is 78.4 Å². The van der Waals surface area contributed by atoms with Gasteiger partial charge in [-0.1, -0.05) is 35.4 Å². The molecule has 12 nitrogen and oxygen atoms in total. The summed E-state index contributed by atoms with van der Waals surface area (Å²) in [4.78, 5) is 64.9. The molecule has 14 heteroatoms. The van der Waals surface area contributed by atoms with Crippen LogP contribution >= 0.6 is 22.9 Å². The molecule has 3 aliphatic heterocycles. The number of nitrogens with zero attached hydrogens (tertiary/aromatic N) is 5. The molecule has 3 saturated heterocycles. The molecule has 1 saturated carbocycles. The van der Waals surface area contributed by atoms with Crippen LogP contribution in [0.25, 0.3) is 20.7 Å². The highest BCUT2D eigenvalue weighted by molar-refractivity contribution is 7.22. The van der Waals surface area contributed by atoms with E-state index in [1.54, 1.807) is 54.3 Å². The van der Waals surface area contributed by atoms with E-state index < -0.39 is 46.8 Å².